The van der Waals surface area contributed by atoms with E-state index in [2.05, 4.69) is 37.4 Å². The predicted molar refractivity (Wildman–Crippen MR) is 110 cm³/mol. The molecule has 1 aromatic carbocycles. The van der Waals surface area contributed by atoms with Gasteiger partial charge in [0, 0.05) is 32.0 Å². The molecule has 8 nitrogen and oxygen atoms in total. The molecule has 3 heterocycles. The lowest BCUT2D eigenvalue weighted by atomic mass is 9.85. The van der Waals surface area contributed by atoms with Gasteiger partial charge >= 0.3 is 0 Å². The number of fused-ring (bicyclic) bond motifs is 1. The van der Waals surface area contributed by atoms with Gasteiger partial charge in [0.2, 0.25) is 5.91 Å². The number of hydrogen-bond acceptors (Lipinski definition) is 5. The third-order valence-corrected chi connectivity index (χ3v) is 5.62. The SMILES string of the molecule is CCC(=O)N[C@H]1CN(Cc2nc3c(cnn3C)c(=O)[nH]2)CC[C@H]1c1ccccc1. The standard InChI is InChI=1S/C21H26N6O2/c1-3-19(28)23-17-12-27(10-9-15(17)14-7-5-4-6-8-14)13-18-24-20-16(21(29)25-18)11-22-26(20)2/h4-8,11,15,17H,3,9-10,12-13H2,1-2H3,(H,23,28)(H,24,25,29)/t15-,17-/m0/s1. The Labute approximate surface area is 168 Å². The minimum Gasteiger partial charge on any atom is -0.351 e. The minimum absolute atomic E-state index is 0.0192. The molecular formula is C21H26N6O2. The van der Waals surface area contributed by atoms with E-state index in [0.29, 0.717) is 36.4 Å². The fourth-order valence-electron chi connectivity index (χ4n) is 4.08. The maximum Gasteiger partial charge on any atom is 0.262 e. The van der Waals surface area contributed by atoms with Crippen molar-refractivity contribution in [3.8, 4) is 0 Å². The smallest absolute Gasteiger partial charge is 0.262 e. The Morgan fingerprint density at radius 3 is 2.86 bits per heavy atom. The molecule has 0 radical (unpaired) electrons. The first-order valence-electron chi connectivity index (χ1n) is 10.0. The minimum atomic E-state index is -0.173. The Morgan fingerprint density at radius 1 is 1.31 bits per heavy atom. The van der Waals surface area contributed by atoms with Crippen molar-refractivity contribution in [3.63, 3.8) is 0 Å². The van der Waals surface area contributed by atoms with E-state index in [1.807, 2.05) is 25.1 Å². The third-order valence-electron chi connectivity index (χ3n) is 5.62. The summed E-state index contributed by atoms with van der Waals surface area (Å²) in [5, 5.41) is 7.80. The first kappa shape index (κ1) is 19.3. The maximum absolute atomic E-state index is 12.3. The highest BCUT2D eigenvalue weighted by Crippen LogP contribution is 2.29. The molecular weight excluding hydrogens is 368 g/mol. The summed E-state index contributed by atoms with van der Waals surface area (Å²) in [7, 11) is 1.78. The molecule has 1 amide bonds. The van der Waals surface area contributed by atoms with Crippen molar-refractivity contribution in [3.05, 3.63) is 58.3 Å². The number of aromatic nitrogens is 4. The summed E-state index contributed by atoms with van der Waals surface area (Å²) in [6.45, 7) is 3.96. The second-order valence-electron chi connectivity index (χ2n) is 7.59. The van der Waals surface area contributed by atoms with Crippen molar-refractivity contribution in [2.45, 2.75) is 38.3 Å². The second-order valence-corrected chi connectivity index (χ2v) is 7.59. The number of benzene rings is 1. The number of aryl methyl sites for hydroxylation is 1. The third kappa shape index (κ3) is 4.07. The molecule has 1 aliphatic rings. The zero-order valence-electron chi connectivity index (χ0n) is 16.8. The van der Waals surface area contributed by atoms with Crippen LogP contribution in [0.1, 0.15) is 37.1 Å². The number of amides is 1. The molecule has 0 aliphatic carbocycles. The molecule has 0 bridgehead atoms. The fourth-order valence-corrected chi connectivity index (χ4v) is 4.08. The Balaban J connectivity index is 1.54. The molecule has 0 spiro atoms. The molecule has 1 saturated heterocycles. The van der Waals surface area contributed by atoms with Gasteiger partial charge < -0.3 is 10.3 Å². The number of H-pyrrole nitrogens is 1. The zero-order chi connectivity index (χ0) is 20.4. The quantitative estimate of drug-likeness (QED) is 0.684. The van der Waals surface area contributed by atoms with Crippen LogP contribution >= 0.6 is 0 Å². The molecule has 152 valence electrons. The number of carbonyl (C=O) groups excluding carboxylic acids is 1. The highest BCUT2D eigenvalue weighted by atomic mass is 16.1. The van der Waals surface area contributed by atoms with E-state index >= 15 is 0 Å². The maximum atomic E-state index is 12.3. The van der Waals surface area contributed by atoms with Crippen molar-refractivity contribution < 1.29 is 4.79 Å². The Hall–Kier alpha value is -3.00. The number of rotatable bonds is 5. The first-order chi connectivity index (χ1) is 14.0. The molecule has 2 aromatic heterocycles. The summed E-state index contributed by atoms with van der Waals surface area (Å²) in [4.78, 5) is 34.1. The molecule has 0 saturated carbocycles. The first-order valence-corrected chi connectivity index (χ1v) is 10.0. The summed E-state index contributed by atoms with van der Waals surface area (Å²) < 4.78 is 1.61. The van der Waals surface area contributed by atoms with Gasteiger partial charge in [-0.1, -0.05) is 37.3 Å². The van der Waals surface area contributed by atoms with Gasteiger partial charge in [0.05, 0.1) is 12.7 Å². The molecule has 2 atom stereocenters. The van der Waals surface area contributed by atoms with E-state index in [4.69, 9.17) is 0 Å². The van der Waals surface area contributed by atoms with Gasteiger partial charge in [-0.05, 0) is 18.5 Å². The lowest BCUT2D eigenvalue weighted by molar-refractivity contribution is -0.122. The van der Waals surface area contributed by atoms with Gasteiger partial charge in [0.15, 0.2) is 5.65 Å². The lowest BCUT2D eigenvalue weighted by Crippen LogP contribution is -2.51. The summed E-state index contributed by atoms with van der Waals surface area (Å²) in [5.41, 5.74) is 1.66. The molecule has 29 heavy (non-hydrogen) atoms. The molecule has 1 fully saturated rings. The van der Waals surface area contributed by atoms with Crippen LogP contribution in [-0.4, -0.2) is 49.7 Å². The summed E-state index contributed by atoms with van der Waals surface area (Å²) in [6, 6.07) is 10.4. The van der Waals surface area contributed by atoms with Crippen molar-refractivity contribution in [2.24, 2.45) is 7.05 Å². The number of hydrogen-bond donors (Lipinski definition) is 2. The fraction of sp³-hybridized carbons (Fsp3) is 0.429. The summed E-state index contributed by atoms with van der Waals surface area (Å²) in [6.07, 6.45) is 2.92. The molecule has 1 aliphatic heterocycles. The van der Waals surface area contributed by atoms with Crippen LogP contribution in [0.25, 0.3) is 11.0 Å². The van der Waals surface area contributed by atoms with Crippen LogP contribution in [0.4, 0.5) is 0 Å². The van der Waals surface area contributed by atoms with E-state index in [-0.39, 0.29) is 23.4 Å². The van der Waals surface area contributed by atoms with E-state index < -0.39 is 0 Å². The lowest BCUT2D eigenvalue weighted by Gasteiger charge is -2.39. The second kappa shape index (κ2) is 8.16. The van der Waals surface area contributed by atoms with Crippen molar-refractivity contribution >= 4 is 16.9 Å². The van der Waals surface area contributed by atoms with Crippen molar-refractivity contribution in [1.29, 1.82) is 0 Å². The monoisotopic (exact) mass is 394 g/mol. The molecule has 4 rings (SSSR count). The Morgan fingerprint density at radius 2 is 2.10 bits per heavy atom. The number of nitrogens with one attached hydrogen (secondary N) is 2. The summed E-state index contributed by atoms with van der Waals surface area (Å²) >= 11 is 0. The van der Waals surface area contributed by atoms with Gasteiger partial charge in [0.1, 0.15) is 11.2 Å². The molecule has 2 N–H and O–H groups in total. The van der Waals surface area contributed by atoms with Gasteiger partial charge in [-0.2, -0.15) is 5.10 Å². The largest absolute Gasteiger partial charge is 0.351 e. The highest BCUT2D eigenvalue weighted by Gasteiger charge is 2.31. The highest BCUT2D eigenvalue weighted by molar-refractivity contribution is 5.76. The van der Waals surface area contributed by atoms with Crippen LogP contribution in [0.15, 0.2) is 41.3 Å². The Kier molecular flexibility index (Phi) is 5.44. The normalized spacial score (nSPS) is 20.1. The number of aromatic amines is 1. The molecule has 8 heteroatoms. The average Bonchev–Trinajstić information content (AvgIpc) is 3.10. The predicted octanol–water partition coefficient (Wildman–Crippen LogP) is 1.54. The van der Waals surface area contributed by atoms with Gasteiger partial charge in [-0.3, -0.25) is 19.2 Å². The zero-order valence-corrected chi connectivity index (χ0v) is 16.8. The van der Waals surface area contributed by atoms with Gasteiger partial charge in [-0.15, -0.1) is 0 Å². The van der Waals surface area contributed by atoms with E-state index in [1.165, 1.54) is 11.8 Å². The number of likely N-dealkylation sites (tertiary alicyclic amines) is 1. The van der Waals surface area contributed by atoms with Crippen LogP contribution in [-0.2, 0) is 18.4 Å². The molecule has 3 aromatic rings. The molecule has 0 unspecified atom stereocenters. The van der Waals surface area contributed by atoms with Gasteiger partial charge in [0.25, 0.3) is 5.56 Å². The van der Waals surface area contributed by atoms with Gasteiger partial charge in [-0.25, -0.2) is 4.98 Å². The van der Waals surface area contributed by atoms with Crippen LogP contribution < -0.4 is 10.9 Å². The van der Waals surface area contributed by atoms with Crippen LogP contribution in [0.5, 0.6) is 0 Å². The van der Waals surface area contributed by atoms with Crippen LogP contribution in [0.2, 0.25) is 0 Å². The van der Waals surface area contributed by atoms with Crippen molar-refractivity contribution in [1.82, 2.24) is 30.0 Å². The van der Waals surface area contributed by atoms with Crippen LogP contribution in [0, 0.1) is 0 Å². The Bertz CT molecular complexity index is 1060. The van der Waals surface area contributed by atoms with E-state index in [9.17, 15) is 9.59 Å². The average molecular weight is 394 g/mol. The number of carbonyl (C=O) groups is 1. The topological polar surface area (TPSA) is 95.9 Å². The van der Waals surface area contributed by atoms with E-state index in [1.54, 1.807) is 11.7 Å². The summed E-state index contributed by atoms with van der Waals surface area (Å²) in [5.74, 6) is 0.944. The van der Waals surface area contributed by atoms with Crippen LogP contribution in [0.3, 0.4) is 0 Å². The van der Waals surface area contributed by atoms with Crippen molar-refractivity contribution in [2.75, 3.05) is 13.1 Å². The number of piperidine rings is 1. The number of nitrogens with zero attached hydrogens (tertiary/aromatic N) is 4. The van der Waals surface area contributed by atoms with E-state index in [0.717, 1.165) is 13.0 Å².